The minimum absolute atomic E-state index is 0.276. The third kappa shape index (κ3) is 4.44. The average Bonchev–Trinajstić information content (AvgIpc) is 2.86. The molecule has 1 heterocycles. The van der Waals surface area contributed by atoms with Gasteiger partial charge in [-0.2, -0.15) is 22.0 Å². The Labute approximate surface area is 134 Å². The second kappa shape index (κ2) is 6.67. The molecule has 1 rings (SSSR count). The van der Waals surface area contributed by atoms with Gasteiger partial charge in [0.1, 0.15) is 0 Å². The van der Waals surface area contributed by atoms with E-state index in [4.69, 9.17) is 22.1 Å². The molecule has 0 spiro atoms. The van der Waals surface area contributed by atoms with Gasteiger partial charge in [-0.25, -0.2) is 8.42 Å². The van der Waals surface area contributed by atoms with Crippen LogP contribution in [0.5, 0.6) is 0 Å². The normalized spacial score (nSPS) is 22.8. The highest BCUT2D eigenvalue weighted by Gasteiger charge is 2.59. The van der Waals surface area contributed by atoms with Crippen molar-refractivity contribution in [2.45, 2.75) is 48.1 Å². The Kier molecular flexibility index (Phi) is 5.91. The molecule has 0 aliphatic carbocycles. The van der Waals surface area contributed by atoms with Crippen LogP contribution in [0, 0.1) is 0 Å². The summed E-state index contributed by atoms with van der Waals surface area (Å²) in [6.07, 6.45) is -9.25. The van der Waals surface area contributed by atoms with E-state index in [0.29, 0.717) is 12.8 Å². The number of alkyl halides is 6. The van der Waals surface area contributed by atoms with Crippen LogP contribution in [0.15, 0.2) is 0 Å². The molecule has 2 atom stereocenters. The first-order valence-electron chi connectivity index (χ1n) is 6.50. The highest BCUT2D eigenvalue weighted by Crippen LogP contribution is 2.42. The van der Waals surface area contributed by atoms with Gasteiger partial charge in [-0.05, 0) is 19.3 Å². The van der Waals surface area contributed by atoms with E-state index in [1.807, 2.05) is 0 Å². The predicted molar refractivity (Wildman–Crippen MR) is 70.8 cm³/mol. The van der Waals surface area contributed by atoms with Gasteiger partial charge in [0.15, 0.2) is 9.84 Å². The van der Waals surface area contributed by atoms with Gasteiger partial charge in [-0.3, -0.25) is 4.79 Å². The van der Waals surface area contributed by atoms with Gasteiger partial charge in [-0.15, -0.1) is 0 Å². The fourth-order valence-electron chi connectivity index (χ4n) is 2.04. The van der Waals surface area contributed by atoms with E-state index in [2.05, 4.69) is 0 Å². The maximum atomic E-state index is 13.0. The van der Waals surface area contributed by atoms with E-state index in [-0.39, 0.29) is 6.61 Å². The minimum atomic E-state index is -5.89. The fourth-order valence-corrected chi connectivity index (χ4v) is 4.06. The maximum Gasteiger partial charge on any atom is 0.453 e. The second-order valence-corrected chi connectivity index (χ2v) is 8.34. The van der Waals surface area contributed by atoms with E-state index in [9.17, 15) is 35.2 Å². The zero-order valence-electron chi connectivity index (χ0n) is 11.7. The molecule has 23 heavy (non-hydrogen) atoms. The number of carbonyl (C=O) groups is 1. The molecule has 0 saturated carbocycles. The summed E-state index contributed by atoms with van der Waals surface area (Å²) in [7, 11) is -4.61. The zero-order chi connectivity index (χ0) is 18.1. The molecule has 0 aromatic heterocycles. The molecule has 0 aromatic rings. The predicted octanol–water partition coefficient (Wildman–Crippen LogP) is 1.98. The number of primary amides is 1. The largest absolute Gasteiger partial charge is 0.453 e. The molecule has 136 valence electrons. The molecule has 0 radical (unpaired) electrons. The molecule has 0 aromatic carbocycles. The van der Waals surface area contributed by atoms with Crippen molar-refractivity contribution in [3.63, 3.8) is 0 Å². The summed E-state index contributed by atoms with van der Waals surface area (Å²) in [5.74, 6) is -7.67. The Morgan fingerprint density at radius 3 is 2.17 bits per heavy atom. The number of hydrogen-bond acceptors (Lipinski definition) is 4. The van der Waals surface area contributed by atoms with Crippen molar-refractivity contribution in [3.8, 4) is 0 Å². The smallest absolute Gasteiger partial charge is 0.377 e. The van der Waals surface area contributed by atoms with Gasteiger partial charge in [0, 0.05) is 13.0 Å². The summed E-state index contributed by atoms with van der Waals surface area (Å²) in [5, 5.41) is 0. The molecule has 1 aliphatic rings. The molecule has 2 N–H and O–H groups in total. The van der Waals surface area contributed by atoms with Gasteiger partial charge < -0.3 is 10.5 Å². The van der Waals surface area contributed by atoms with Crippen LogP contribution in [0.2, 0.25) is 0 Å². The van der Waals surface area contributed by atoms with Crippen molar-refractivity contribution < 1.29 is 39.9 Å². The van der Waals surface area contributed by atoms with Crippen molar-refractivity contribution >= 4 is 27.3 Å². The van der Waals surface area contributed by atoms with Crippen molar-refractivity contribution in [3.05, 3.63) is 0 Å². The van der Waals surface area contributed by atoms with Gasteiger partial charge in [-0.1, -0.05) is 11.6 Å². The van der Waals surface area contributed by atoms with E-state index < -0.39 is 56.7 Å². The molecule has 5 nitrogen and oxygen atoms in total. The molecule has 1 fully saturated rings. The first-order chi connectivity index (χ1) is 10.2. The molecule has 1 saturated heterocycles. The quantitative estimate of drug-likeness (QED) is 0.534. The van der Waals surface area contributed by atoms with Crippen molar-refractivity contribution in [1.29, 1.82) is 0 Å². The van der Waals surface area contributed by atoms with E-state index in [1.54, 1.807) is 0 Å². The Balaban J connectivity index is 2.96. The lowest BCUT2D eigenvalue weighted by Gasteiger charge is -2.27. The fraction of sp³-hybridized carbons (Fsp3) is 0.909. The summed E-state index contributed by atoms with van der Waals surface area (Å²) in [4.78, 5) is 11.4. The standard InChI is InChI=1S/C11H15ClF5NO4S/c12-9(8(18)19,3-4-10(13,14)11(15,16)17)23(20,21)6-7-2-1-5-22-7/h7H,1-6H2,(H2,18,19). The van der Waals surface area contributed by atoms with Crippen LogP contribution in [0.25, 0.3) is 0 Å². The molecule has 1 aliphatic heterocycles. The second-order valence-electron chi connectivity index (χ2n) is 5.21. The summed E-state index contributed by atoms with van der Waals surface area (Å²) in [6.45, 7) is 0.276. The number of sulfone groups is 1. The van der Waals surface area contributed by atoms with Crippen LogP contribution in [-0.4, -0.2) is 49.1 Å². The lowest BCUT2D eigenvalue weighted by molar-refractivity contribution is -0.284. The molecule has 0 bridgehead atoms. The van der Waals surface area contributed by atoms with E-state index >= 15 is 0 Å². The van der Waals surface area contributed by atoms with Gasteiger partial charge in [0.25, 0.3) is 5.91 Å². The summed E-state index contributed by atoms with van der Waals surface area (Å²) < 4.78 is 88.7. The lowest BCUT2D eigenvalue weighted by Crippen LogP contribution is -2.50. The SMILES string of the molecule is NC(=O)C(Cl)(CCC(F)(F)C(F)(F)F)S(=O)(=O)CC1CCCO1. The average molecular weight is 388 g/mol. The van der Waals surface area contributed by atoms with Gasteiger partial charge in [0.05, 0.1) is 11.9 Å². The zero-order valence-corrected chi connectivity index (χ0v) is 13.3. The van der Waals surface area contributed by atoms with Crippen LogP contribution in [-0.2, 0) is 19.4 Å². The summed E-state index contributed by atoms with van der Waals surface area (Å²) in [5.41, 5.74) is 4.85. The van der Waals surface area contributed by atoms with Crippen molar-refractivity contribution in [1.82, 2.24) is 0 Å². The summed E-state index contributed by atoms with van der Waals surface area (Å²) >= 11 is 5.58. The molecular formula is C11H15ClF5NO4S. The first kappa shape index (κ1) is 20.4. The molecule has 12 heteroatoms. The van der Waals surface area contributed by atoms with Crippen LogP contribution in [0.3, 0.4) is 0 Å². The Bertz CT molecular complexity index is 547. The highest BCUT2D eigenvalue weighted by atomic mass is 35.5. The van der Waals surface area contributed by atoms with Gasteiger partial charge >= 0.3 is 12.1 Å². The summed E-state index contributed by atoms with van der Waals surface area (Å²) in [6, 6.07) is 0. The van der Waals surface area contributed by atoms with Crippen molar-refractivity contribution in [2.75, 3.05) is 12.4 Å². The molecule has 1 amide bonds. The topological polar surface area (TPSA) is 86.5 Å². The number of nitrogens with two attached hydrogens (primary N) is 1. The van der Waals surface area contributed by atoms with Crippen LogP contribution >= 0.6 is 11.6 Å². The number of ether oxygens (including phenoxy) is 1. The first-order valence-corrected chi connectivity index (χ1v) is 8.53. The highest BCUT2D eigenvalue weighted by molar-refractivity contribution is 7.95. The number of rotatable bonds is 7. The third-order valence-corrected chi connectivity index (χ3v) is 6.75. The van der Waals surface area contributed by atoms with E-state index in [1.165, 1.54) is 0 Å². The van der Waals surface area contributed by atoms with Crippen LogP contribution in [0.4, 0.5) is 22.0 Å². The third-order valence-electron chi connectivity index (χ3n) is 3.47. The minimum Gasteiger partial charge on any atom is -0.377 e. The number of amides is 1. The monoisotopic (exact) mass is 387 g/mol. The Morgan fingerprint density at radius 2 is 1.78 bits per heavy atom. The molecule has 2 unspecified atom stereocenters. The number of halogens is 6. The van der Waals surface area contributed by atoms with Gasteiger partial charge in [0.2, 0.25) is 4.21 Å². The van der Waals surface area contributed by atoms with Crippen LogP contribution in [0.1, 0.15) is 25.7 Å². The number of hydrogen-bond donors (Lipinski definition) is 1. The van der Waals surface area contributed by atoms with Crippen molar-refractivity contribution in [2.24, 2.45) is 5.73 Å². The number of carbonyl (C=O) groups excluding carboxylic acids is 1. The maximum absolute atomic E-state index is 13.0. The van der Waals surface area contributed by atoms with Crippen LogP contribution < -0.4 is 5.73 Å². The molecular weight excluding hydrogens is 373 g/mol. The Morgan fingerprint density at radius 1 is 1.22 bits per heavy atom. The Hall–Kier alpha value is -0.680. The lowest BCUT2D eigenvalue weighted by atomic mass is 10.1. The van der Waals surface area contributed by atoms with E-state index in [0.717, 1.165) is 0 Å².